The van der Waals surface area contributed by atoms with Crippen molar-refractivity contribution in [3.63, 3.8) is 0 Å². The quantitative estimate of drug-likeness (QED) is 0.233. The third-order valence-electron chi connectivity index (χ3n) is 4.10. The van der Waals surface area contributed by atoms with E-state index in [1.54, 1.807) is 12.1 Å². The Kier molecular flexibility index (Phi) is 7.53. The van der Waals surface area contributed by atoms with E-state index in [9.17, 15) is 10.1 Å². The number of nitrogens with one attached hydrogen (secondary N) is 2. The Bertz CT molecular complexity index is 1050. The highest BCUT2D eigenvalue weighted by atomic mass is 32.2. The van der Waals surface area contributed by atoms with Crippen LogP contribution in [0, 0.1) is 17.0 Å². The van der Waals surface area contributed by atoms with Crippen LogP contribution in [-0.2, 0) is 6.54 Å². The first-order valence-corrected chi connectivity index (χ1v) is 10.4. The van der Waals surface area contributed by atoms with Crippen molar-refractivity contribution in [2.75, 3.05) is 0 Å². The fraction of sp³-hybridized carbons (Fsp3) is 0.0909. The second-order valence-corrected chi connectivity index (χ2v) is 7.96. The molecule has 0 heterocycles. The summed E-state index contributed by atoms with van der Waals surface area (Å²) >= 11 is 6.55. The standard InChI is InChI=1S/C22H20N4O2S2/c1-16-7-10-19(11-8-16)30-21-12-9-18(13-20(21)26(27)28)15-24-25-22(29)23-14-17-5-3-2-4-6-17/h2-13,15H,14H2,1H3,(H2,23,25,29). The van der Waals surface area contributed by atoms with Crippen molar-refractivity contribution in [2.24, 2.45) is 5.10 Å². The Morgan fingerprint density at radius 3 is 2.57 bits per heavy atom. The number of nitrogens with zero attached hydrogens (tertiary/aromatic N) is 2. The summed E-state index contributed by atoms with van der Waals surface area (Å²) in [5, 5.41) is 19.0. The van der Waals surface area contributed by atoms with Gasteiger partial charge in [0.15, 0.2) is 5.11 Å². The lowest BCUT2D eigenvalue weighted by atomic mass is 10.2. The zero-order valence-corrected chi connectivity index (χ0v) is 17.9. The number of hydrogen-bond donors (Lipinski definition) is 2. The molecule has 3 aromatic carbocycles. The number of nitro groups is 1. The third-order valence-corrected chi connectivity index (χ3v) is 5.41. The van der Waals surface area contributed by atoms with E-state index in [0.717, 1.165) is 16.0 Å². The number of thiocarbonyl (C=S) groups is 1. The number of aryl methyl sites for hydroxylation is 1. The second kappa shape index (κ2) is 10.5. The Labute approximate surface area is 184 Å². The van der Waals surface area contributed by atoms with E-state index >= 15 is 0 Å². The molecule has 0 aliphatic heterocycles. The summed E-state index contributed by atoms with van der Waals surface area (Å²) in [6.07, 6.45) is 1.50. The first-order chi connectivity index (χ1) is 14.5. The Morgan fingerprint density at radius 2 is 1.87 bits per heavy atom. The Balaban J connectivity index is 1.61. The fourth-order valence-electron chi connectivity index (χ4n) is 2.56. The fourth-order valence-corrected chi connectivity index (χ4v) is 3.59. The van der Waals surface area contributed by atoms with Crippen LogP contribution in [0.5, 0.6) is 0 Å². The van der Waals surface area contributed by atoms with Crippen molar-refractivity contribution >= 4 is 41.0 Å². The van der Waals surface area contributed by atoms with Gasteiger partial charge in [0.2, 0.25) is 0 Å². The average Bonchev–Trinajstić information content (AvgIpc) is 2.75. The molecule has 0 atom stereocenters. The van der Waals surface area contributed by atoms with E-state index in [4.69, 9.17) is 12.2 Å². The minimum absolute atomic E-state index is 0.0364. The van der Waals surface area contributed by atoms with Crippen molar-refractivity contribution < 1.29 is 4.92 Å². The molecule has 0 fully saturated rings. The number of benzene rings is 3. The molecule has 8 heteroatoms. The maximum atomic E-state index is 11.5. The first-order valence-electron chi connectivity index (χ1n) is 9.15. The van der Waals surface area contributed by atoms with Crippen LogP contribution in [-0.4, -0.2) is 16.3 Å². The highest BCUT2D eigenvalue weighted by molar-refractivity contribution is 7.99. The van der Waals surface area contributed by atoms with Crippen LogP contribution in [0.25, 0.3) is 0 Å². The molecule has 30 heavy (non-hydrogen) atoms. The number of rotatable bonds is 7. The molecule has 0 bridgehead atoms. The van der Waals surface area contributed by atoms with Crippen LogP contribution in [0.1, 0.15) is 16.7 Å². The van der Waals surface area contributed by atoms with E-state index in [1.165, 1.54) is 24.0 Å². The van der Waals surface area contributed by atoms with Crippen molar-refractivity contribution in [1.82, 2.24) is 10.7 Å². The van der Waals surface area contributed by atoms with Crippen LogP contribution in [0.15, 0.2) is 87.7 Å². The van der Waals surface area contributed by atoms with E-state index in [1.807, 2.05) is 61.5 Å². The van der Waals surface area contributed by atoms with Gasteiger partial charge in [-0.25, -0.2) is 0 Å². The summed E-state index contributed by atoms with van der Waals surface area (Å²) < 4.78 is 0. The Hall–Kier alpha value is -3.23. The minimum Gasteiger partial charge on any atom is -0.357 e. The van der Waals surface area contributed by atoms with Crippen LogP contribution in [0.4, 0.5) is 5.69 Å². The van der Waals surface area contributed by atoms with Gasteiger partial charge in [-0.2, -0.15) is 5.10 Å². The molecule has 3 rings (SSSR count). The summed E-state index contributed by atoms with van der Waals surface area (Å²) in [6.45, 7) is 2.58. The van der Waals surface area contributed by atoms with E-state index in [0.29, 0.717) is 22.1 Å². The lowest BCUT2D eigenvalue weighted by Gasteiger charge is -2.07. The molecule has 0 saturated heterocycles. The van der Waals surface area contributed by atoms with Crippen LogP contribution in [0.3, 0.4) is 0 Å². The van der Waals surface area contributed by atoms with Crippen molar-refractivity contribution in [1.29, 1.82) is 0 Å². The second-order valence-electron chi connectivity index (χ2n) is 6.44. The summed E-state index contributed by atoms with van der Waals surface area (Å²) in [7, 11) is 0. The first kappa shape index (κ1) is 21.5. The third kappa shape index (κ3) is 6.40. The summed E-state index contributed by atoms with van der Waals surface area (Å²) in [5.74, 6) is 0. The highest BCUT2D eigenvalue weighted by Crippen LogP contribution is 2.35. The van der Waals surface area contributed by atoms with Gasteiger partial charge in [0.25, 0.3) is 5.69 Å². The molecule has 0 saturated carbocycles. The van der Waals surface area contributed by atoms with Gasteiger partial charge in [0, 0.05) is 23.1 Å². The molecule has 0 amide bonds. The highest BCUT2D eigenvalue weighted by Gasteiger charge is 2.15. The van der Waals surface area contributed by atoms with Crippen LogP contribution < -0.4 is 10.7 Å². The molecule has 0 aliphatic carbocycles. The number of nitro benzene ring substituents is 1. The molecule has 6 nitrogen and oxygen atoms in total. The van der Waals surface area contributed by atoms with Gasteiger partial charge in [-0.05, 0) is 42.9 Å². The molecule has 2 N–H and O–H groups in total. The SMILES string of the molecule is Cc1ccc(Sc2ccc(C=NNC(=S)NCc3ccccc3)cc2[N+](=O)[O-])cc1. The molecule has 152 valence electrons. The number of hydrazone groups is 1. The van der Waals surface area contributed by atoms with Gasteiger partial charge in [0.05, 0.1) is 16.0 Å². The monoisotopic (exact) mass is 436 g/mol. The van der Waals surface area contributed by atoms with Crippen molar-refractivity contribution in [3.8, 4) is 0 Å². The van der Waals surface area contributed by atoms with Gasteiger partial charge in [0.1, 0.15) is 0 Å². The summed E-state index contributed by atoms with van der Waals surface area (Å²) in [6, 6.07) is 22.7. The van der Waals surface area contributed by atoms with Gasteiger partial charge >= 0.3 is 0 Å². The molecule has 0 aromatic heterocycles. The van der Waals surface area contributed by atoms with Crippen LogP contribution >= 0.6 is 24.0 Å². The smallest absolute Gasteiger partial charge is 0.283 e. The molecule has 0 aliphatic rings. The normalized spacial score (nSPS) is 10.7. The summed E-state index contributed by atoms with van der Waals surface area (Å²) in [5.41, 5.74) is 5.61. The van der Waals surface area contributed by atoms with Crippen molar-refractivity contribution in [2.45, 2.75) is 23.3 Å². The number of hydrogen-bond acceptors (Lipinski definition) is 5. The predicted octanol–water partition coefficient (Wildman–Crippen LogP) is 5.05. The largest absolute Gasteiger partial charge is 0.357 e. The molecule has 0 spiro atoms. The zero-order valence-electron chi connectivity index (χ0n) is 16.2. The lowest BCUT2D eigenvalue weighted by Crippen LogP contribution is -2.31. The van der Waals surface area contributed by atoms with Crippen molar-refractivity contribution in [3.05, 3.63) is 99.6 Å². The van der Waals surface area contributed by atoms with Gasteiger partial charge in [-0.1, -0.05) is 65.9 Å². The molecule has 0 unspecified atom stereocenters. The maximum absolute atomic E-state index is 11.5. The van der Waals surface area contributed by atoms with Gasteiger partial charge in [-0.15, -0.1) is 0 Å². The molecule has 3 aromatic rings. The zero-order chi connectivity index (χ0) is 21.3. The molecule has 0 radical (unpaired) electrons. The van der Waals surface area contributed by atoms with E-state index in [-0.39, 0.29) is 10.6 Å². The lowest BCUT2D eigenvalue weighted by molar-refractivity contribution is -0.387. The maximum Gasteiger partial charge on any atom is 0.283 e. The van der Waals surface area contributed by atoms with Crippen LogP contribution in [0.2, 0.25) is 0 Å². The van der Waals surface area contributed by atoms with Gasteiger partial charge in [-0.3, -0.25) is 15.5 Å². The molecular weight excluding hydrogens is 416 g/mol. The molecular formula is C22H20N4O2S2. The minimum atomic E-state index is -0.382. The van der Waals surface area contributed by atoms with E-state index < -0.39 is 0 Å². The van der Waals surface area contributed by atoms with E-state index in [2.05, 4.69) is 15.8 Å². The topological polar surface area (TPSA) is 79.6 Å². The summed E-state index contributed by atoms with van der Waals surface area (Å²) in [4.78, 5) is 12.7. The van der Waals surface area contributed by atoms with Gasteiger partial charge < -0.3 is 5.32 Å². The average molecular weight is 437 g/mol. The Morgan fingerprint density at radius 1 is 1.13 bits per heavy atom. The predicted molar refractivity (Wildman–Crippen MR) is 125 cm³/mol.